The maximum atomic E-state index is 13.7. The summed E-state index contributed by atoms with van der Waals surface area (Å²) in [4.78, 5) is 9.26. The van der Waals surface area contributed by atoms with Gasteiger partial charge < -0.3 is 10.1 Å². The molecule has 1 N–H and O–H groups in total. The fourth-order valence-electron chi connectivity index (χ4n) is 3.03. The van der Waals surface area contributed by atoms with Gasteiger partial charge >= 0.3 is 0 Å². The summed E-state index contributed by atoms with van der Waals surface area (Å²) >= 11 is 0. The third kappa shape index (κ3) is 3.34. The summed E-state index contributed by atoms with van der Waals surface area (Å²) in [6.07, 6.45) is 1.60. The second kappa shape index (κ2) is 7.56. The molecule has 7 heteroatoms. The summed E-state index contributed by atoms with van der Waals surface area (Å²) in [5.74, 6) is 1.39. The third-order valence-corrected chi connectivity index (χ3v) is 4.26. The second-order valence-corrected chi connectivity index (χ2v) is 6.07. The van der Waals surface area contributed by atoms with Crippen LogP contribution in [0.2, 0.25) is 0 Å². The first-order chi connectivity index (χ1) is 13.7. The van der Waals surface area contributed by atoms with Crippen molar-refractivity contribution in [1.82, 2.24) is 20.2 Å². The van der Waals surface area contributed by atoms with Gasteiger partial charge in [-0.3, -0.25) is 0 Å². The zero-order chi connectivity index (χ0) is 19.5. The highest BCUT2D eigenvalue weighted by molar-refractivity contribution is 5.97. The second-order valence-electron chi connectivity index (χ2n) is 6.07. The standard InChI is InChI=1S/C21H18FN5O/c1-3-28-18-12-14(13-6-4-7-15(22)10-13)11-16-19(18)25-21(26-20(16)23-2)17-8-5-9-24-27-17/h4-12H,3H2,1-2H3,(H,23,25,26). The zero-order valence-electron chi connectivity index (χ0n) is 15.5. The van der Waals surface area contributed by atoms with Gasteiger partial charge in [-0.1, -0.05) is 12.1 Å². The molecule has 0 fully saturated rings. The van der Waals surface area contributed by atoms with Crippen LogP contribution in [0, 0.1) is 5.82 Å². The molecular weight excluding hydrogens is 357 g/mol. The lowest BCUT2D eigenvalue weighted by Crippen LogP contribution is -2.03. The number of ether oxygens (including phenoxy) is 1. The van der Waals surface area contributed by atoms with Crippen molar-refractivity contribution in [2.75, 3.05) is 19.0 Å². The number of hydrogen-bond acceptors (Lipinski definition) is 6. The maximum Gasteiger partial charge on any atom is 0.182 e. The molecule has 0 saturated heterocycles. The SMILES string of the molecule is CCOc1cc(-c2cccc(F)c2)cc2c(NC)nc(-c3cccnn3)nc12. The van der Waals surface area contributed by atoms with Gasteiger partial charge in [-0.15, -0.1) is 5.10 Å². The van der Waals surface area contributed by atoms with Gasteiger partial charge in [0, 0.05) is 18.6 Å². The number of hydrogen-bond donors (Lipinski definition) is 1. The minimum Gasteiger partial charge on any atom is -0.492 e. The minimum absolute atomic E-state index is 0.293. The van der Waals surface area contributed by atoms with Crippen LogP contribution in [0.5, 0.6) is 5.75 Å². The van der Waals surface area contributed by atoms with Crippen molar-refractivity contribution in [2.45, 2.75) is 6.92 Å². The fourth-order valence-corrected chi connectivity index (χ4v) is 3.03. The van der Waals surface area contributed by atoms with Crippen LogP contribution in [0.1, 0.15) is 6.92 Å². The number of nitrogens with one attached hydrogen (secondary N) is 1. The van der Waals surface area contributed by atoms with Crippen LogP contribution in [0.3, 0.4) is 0 Å². The van der Waals surface area contributed by atoms with Gasteiger partial charge in [-0.05, 0) is 54.4 Å². The smallest absolute Gasteiger partial charge is 0.182 e. The Morgan fingerprint density at radius 1 is 1.04 bits per heavy atom. The average molecular weight is 375 g/mol. The molecule has 140 valence electrons. The molecular formula is C21H18FN5O. The Kier molecular flexibility index (Phi) is 4.80. The van der Waals surface area contributed by atoms with E-state index in [0.29, 0.717) is 35.2 Å². The van der Waals surface area contributed by atoms with Crippen molar-refractivity contribution < 1.29 is 9.13 Å². The lowest BCUT2D eigenvalue weighted by atomic mass is 10.0. The Bertz CT molecular complexity index is 1130. The van der Waals surface area contributed by atoms with Crippen molar-refractivity contribution in [1.29, 1.82) is 0 Å². The summed E-state index contributed by atoms with van der Waals surface area (Å²) in [7, 11) is 1.79. The molecule has 0 unspecified atom stereocenters. The topological polar surface area (TPSA) is 72.8 Å². The molecule has 0 bridgehead atoms. The number of benzene rings is 2. The van der Waals surface area contributed by atoms with Crippen LogP contribution >= 0.6 is 0 Å². The Hall–Kier alpha value is -3.61. The monoisotopic (exact) mass is 375 g/mol. The van der Waals surface area contributed by atoms with E-state index < -0.39 is 0 Å². The van der Waals surface area contributed by atoms with Gasteiger partial charge in [0.2, 0.25) is 0 Å². The number of aromatic nitrogens is 4. The number of rotatable bonds is 5. The van der Waals surface area contributed by atoms with Gasteiger partial charge in [0.05, 0.1) is 6.61 Å². The van der Waals surface area contributed by atoms with Gasteiger partial charge in [0.15, 0.2) is 5.82 Å². The van der Waals surface area contributed by atoms with E-state index in [2.05, 4.69) is 25.5 Å². The number of anilines is 1. The molecule has 6 nitrogen and oxygen atoms in total. The minimum atomic E-state index is -0.293. The average Bonchev–Trinajstić information content (AvgIpc) is 2.73. The number of fused-ring (bicyclic) bond motifs is 1. The predicted molar refractivity (Wildman–Crippen MR) is 107 cm³/mol. The molecule has 4 aromatic rings. The molecule has 2 heterocycles. The zero-order valence-corrected chi connectivity index (χ0v) is 15.5. The van der Waals surface area contributed by atoms with Gasteiger partial charge in [0.1, 0.15) is 28.6 Å². The Morgan fingerprint density at radius 2 is 1.93 bits per heavy atom. The van der Waals surface area contributed by atoms with Crippen LogP contribution < -0.4 is 10.1 Å². The summed E-state index contributed by atoms with van der Waals surface area (Å²) in [6.45, 7) is 2.38. The summed E-state index contributed by atoms with van der Waals surface area (Å²) in [6, 6.07) is 13.8. The van der Waals surface area contributed by atoms with E-state index in [1.165, 1.54) is 12.1 Å². The molecule has 2 aromatic heterocycles. The predicted octanol–water partition coefficient (Wildman–Crippen LogP) is 4.33. The van der Waals surface area contributed by atoms with E-state index in [9.17, 15) is 4.39 Å². The van der Waals surface area contributed by atoms with Crippen molar-refractivity contribution in [2.24, 2.45) is 0 Å². The summed E-state index contributed by atoms with van der Waals surface area (Å²) < 4.78 is 19.6. The molecule has 0 aliphatic rings. The largest absolute Gasteiger partial charge is 0.492 e. The van der Waals surface area contributed by atoms with Crippen LogP contribution in [-0.2, 0) is 0 Å². The summed E-state index contributed by atoms with van der Waals surface area (Å²) in [5, 5.41) is 11.9. The van der Waals surface area contributed by atoms with Gasteiger partial charge in [-0.2, -0.15) is 5.10 Å². The Balaban J connectivity index is 1.98. The molecule has 0 radical (unpaired) electrons. The third-order valence-electron chi connectivity index (χ3n) is 4.26. The van der Waals surface area contributed by atoms with Gasteiger partial charge in [0.25, 0.3) is 0 Å². The van der Waals surface area contributed by atoms with Crippen LogP contribution in [0.4, 0.5) is 10.2 Å². The molecule has 0 amide bonds. The van der Waals surface area contributed by atoms with E-state index in [0.717, 1.165) is 16.5 Å². The highest BCUT2D eigenvalue weighted by atomic mass is 19.1. The van der Waals surface area contributed by atoms with Crippen LogP contribution in [0.15, 0.2) is 54.7 Å². The molecule has 4 rings (SSSR count). The van der Waals surface area contributed by atoms with Crippen molar-refractivity contribution in [3.8, 4) is 28.4 Å². The van der Waals surface area contributed by atoms with E-state index in [1.807, 2.05) is 25.1 Å². The Morgan fingerprint density at radius 3 is 2.64 bits per heavy atom. The molecule has 2 aromatic carbocycles. The van der Waals surface area contributed by atoms with E-state index in [-0.39, 0.29) is 5.82 Å². The van der Waals surface area contributed by atoms with Crippen LogP contribution in [0.25, 0.3) is 33.5 Å². The lowest BCUT2D eigenvalue weighted by Gasteiger charge is -2.14. The first-order valence-corrected chi connectivity index (χ1v) is 8.90. The van der Waals surface area contributed by atoms with E-state index >= 15 is 0 Å². The van der Waals surface area contributed by atoms with E-state index in [4.69, 9.17) is 4.74 Å². The normalized spacial score (nSPS) is 10.8. The lowest BCUT2D eigenvalue weighted by molar-refractivity contribution is 0.344. The quantitative estimate of drug-likeness (QED) is 0.560. The molecule has 0 saturated carbocycles. The fraction of sp³-hybridized carbons (Fsp3) is 0.143. The molecule has 0 aliphatic carbocycles. The number of nitrogens with zero attached hydrogens (tertiary/aromatic N) is 4. The molecule has 0 aliphatic heterocycles. The first-order valence-electron chi connectivity index (χ1n) is 8.90. The Labute approximate surface area is 161 Å². The molecule has 0 spiro atoms. The highest BCUT2D eigenvalue weighted by Crippen LogP contribution is 2.35. The van der Waals surface area contributed by atoms with Gasteiger partial charge in [-0.25, -0.2) is 14.4 Å². The number of halogens is 1. The first kappa shape index (κ1) is 17.8. The van der Waals surface area contributed by atoms with E-state index in [1.54, 1.807) is 31.4 Å². The van der Waals surface area contributed by atoms with Crippen molar-refractivity contribution >= 4 is 16.7 Å². The van der Waals surface area contributed by atoms with Crippen molar-refractivity contribution in [3.63, 3.8) is 0 Å². The molecule has 0 atom stereocenters. The van der Waals surface area contributed by atoms with Crippen molar-refractivity contribution in [3.05, 3.63) is 60.5 Å². The highest BCUT2D eigenvalue weighted by Gasteiger charge is 2.16. The maximum absolute atomic E-state index is 13.7. The summed E-state index contributed by atoms with van der Waals surface area (Å²) in [5.41, 5.74) is 2.80. The van der Waals surface area contributed by atoms with Crippen LogP contribution in [-0.4, -0.2) is 33.8 Å². The molecule has 28 heavy (non-hydrogen) atoms.